The van der Waals surface area contributed by atoms with Crippen molar-refractivity contribution >= 4 is 38.6 Å². The Kier molecular flexibility index (Phi) is 4.13. The number of hydrogen-bond acceptors (Lipinski definition) is 5. The number of aromatic nitrogens is 5. The lowest BCUT2D eigenvalue weighted by Crippen LogP contribution is -2.26. The molecule has 0 spiro atoms. The molecule has 7 nitrogen and oxygen atoms in total. The zero-order valence-electron chi connectivity index (χ0n) is 15.9. The quantitative estimate of drug-likeness (QED) is 0.474. The normalized spacial score (nSPS) is 12.5. The van der Waals surface area contributed by atoms with Gasteiger partial charge in [0, 0.05) is 18.8 Å². The van der Waals surface area contributed by atoms with Crippen LogP contribution >= 0.6 is 11.3 Å². The highest BCUT2D eigenvalue weighted by atomic mass is 32.1. The molecule has 0 aliphatic rings. The molecule has 2 N–H and O–H groups in total. The number of aryl methyl sites for hydroxylation is 1. The van der Waals surface area contributed by atoms with Gasteiger partial charge in [-0.15, -0.1) is 0 Å². The Morgan fingerprint density at radius 1 is 1.24 bits per heavy atom. The summed E-state index contributed by atoms with van der Waals surface area (Å²) in [4.78, 5) is 29.9. The van der Waals surface area contributed by atoms with E-state index >= 15 is 0 Å². The van der Waals surface area contributed by atoms with E-state index in [1.54, 1.807) is 42.2 Å². The predicted molar refractivity (Wildman–Crippen MR) is 114 cm³/mol. The molecule has 4 heterocycles. The Morgan fingerprint density at radius 3 is 2.97 bits per heavy atom. The number of fused-ring (bicyclic) bond motifs is 3. The van der Waals surface area contributed by atoms with E-state index in [9.17, 15) is 4.79 Å². The molecule has 29 heavy (non-hydrogen) atoms. The molecular weight excluding hydrogens is 384 g/mol. The SMILES string of the molecule is C[C@H](NC(=O)c1ccc[nH]1)c1cccc(-c2nc3c(ncc4ncn(C)c43)s2)c1. The fraction of sp³-hybridized carbons (Fsp3) is 0.143. The summed E-state index contributed by atoms with van der Waals surface area (Å²) < 4.78 is 1.97. The first kappa shape index (κ1) is 17.6. The van der Waals surface area contributed by atoms with Crippen LogP contribution < -0.4 is 5.32 Å². The van der Waals surface area contributed by atoms with Crippen LogP contribution in [0.5, 0.6) is 0 Å². The molecular formula is C21H18N6OS. The van der Waals surface area contributed by atoms with Crippen LogP contribution in [-0.4, -0.2) is 30.4 Å². The second-order valence-electron chi connectivity index (χ2n) is 6.92. The number of nitrogens with one attached hydrogen (secondary N) is 2. The fourth-order valence-electron chi connectivity index (χ4n) is 3.40. The molecule has 5 aromatic rings. The van der Waals surface area contributed by atoms with Crippen LogP contribution in [0.3, 0.4) is 0 Å². The van der Waals surface area contributed by atoms with Crippen LogP contribution in [0.2, 0.25) is 0 Å². The number of H-pyrrole nitrogens is 1. The first-order valence-corrected chi connectivity index (χ1v) is 10.0. The number of carbonyl (C=O) groups is 1. The number of amides is 1. The van der Waals surface area contributed by atoms with Gasteiger partial charge in [0.15, 0.2) is 0 Å². The lowest BCUT2D eigenvalue weighted by Gasteiger charge is -2.14. The summed E-state index contributed by atoms with van der Waals surface area (Å²) in [5.74, 6) is -0.129. The molecule has 0 aliphatic carbocycles. The van der Waals surface area contributed by atoms with E-state index in [-0.39, 0.29) is 11.9 Å². The van der Waals surface area contributed by atoms with Gasteiger partial charge in [-0.25, -0.2) is 15.0 Å². The van der Waals surface area contributed by atoms with Crippen LogP contribution in [0.4, 0.5) is 0 Å². The van der Waals surface area contributed by atoms with E-state index < -0.39 is 0 Å². The maximum Gasteiger partial charge on any atom is 0.268 e. The molecule has 1 atom stereocenters. The van der Waals surface area contributed by atoms with Crippen LogP contribution in [0, 0.1) is 0 Å². The third-order valence-electron chi connectivity index (χ3n) is 4.93. The standard InChI is InChI=1S/C21H18N6OS/c1-12(25-19(28)15-7-4-8-22-15)13-5-3-6-14(9-13)20-26-17-18-16(24-11-27(18)2)10-23-21(17)29-20/h3-12,22H,1-2H3,(H,25,28)/t12-/m0/s1. The zero-order valence-corrected chi connectivity index (χ0v) is 16.7. The average Bonchev–Trinajstić information content (AvgIpc) is 3.47. The maximum absolute atomic E-state index is 12.3. The molecule has 144 valence electrons. The molecule has 0 radical (unpaired) electrons. The number of hydrogen-bond donors (Lipinski definition) is 2. The molecule has 0 aliphatic heterocycles. The van der Waals surface area contributed by atoms with Crippen LogP contribution in [0.25, 0.3) is 32.0 Å². The Balaban J connectivity index is 1.48. The second kappa shape index (κ2) is 6.82. The maximum atomic E-state index is 12.3. The Hall–Kier alpha value is -3.52. The van der Waals surface area contributed by atoms with Crippen molar-refractivity contribution in [3.8, 4) is 10.6 Å². The predicted octanol–water partition coefficient (Wildman–Crippen LogP) is 4.06. The van der Waals surface area contributed by atoms with E-state index in [4.69, 9.17) is 4.98 Å². The lowest BCUT2D eigenvalue weighted by molar-refractivity contribution is 0.0935. The van der Waals surface area contributed by atoms with Gasteiger partial charge in [-0.2, -0.15) is 0 Å². The largest absolute Gasteiger partial charge is 0.357 e. The van der Waals surface area contributed by atoms with E-state index in [1.807, 2.05) is 36.7 Å². The summed E-state index contributed by atoms with van der Waals surface area (Å²) >= 11 is 1.55. The van der Waals surface area contributed by atoms with Crippen molar-refractivity contribution in [1.82, 2.24) is 29.8 Å². The van der Waals surface area contributed by atoms with Gasteiger partial charge in [-0.1, -0.05) is 29.5 Å². The van der Waals surface area contributed by atoms with Gasteiger partial charge in [-0.3, -0.25) is 4.79 Å². The van der Waals surface area contributed by atoms with Gasteiger partial charge >= 0.3 is 0 Å². The fourth-order valence-corrected chi connectivity index (χ4v) is 4.31. The van der Waals surface area contributed by atoms with Crippen LogP contribution in [0.15, 0.2) is 55.1 Å². The number of nitrogens with zero attached hydrogens (tertiary/aromatic N) is 4. The van der Waals surface area contributed by atoms with Gasteiger partial charge in [0.1, 0.15) is 26.6 Å². The molecule has 8 heteroatoms. The summed E-state index contributed by atoms with van der Waals surface area (Å²) in [6.45, 7) is 1.97. The Morgan fingerprint density at radius 2 is 2.14 bits per heavy atom. The number of imidazole rings is 1. The molecule has 0 saturated heterocycles. The minimum atomic E-state index is -0.137. The molecule has 0 fully saturated rings. The van der Waals surface area contributed by atoms with E-state index in [1.165, 1.54) is 0 Å². The number of pyridine rings is 1. The lowest BCUT2D eigenvalue weighted by atomic mass is 10.1. The third-order valence-corrected chi connectivity index (χ3v) is 5.94. The molecule has 0 unspecified atom stereocenters. The molecule has 1 aromatic carbocycles. The second-order valence-corrected chi connectivity index (χ2v) is 7.90. The highest BCUT2D eigenvalue weighted by Crippen LogP contribution is 2.33. The highest BCUT2D eigenvalue weighted by Gasteiger charge is 2.16. The third kappa shape index (κ3) is 3.07. The van der Waals surface area contributed by atoms with Crippen molar-refractivity contribution in [3.05, 3.63) is 66.4 Å². The zero-order chi connectivity index (χ0) is 20.0. The van der Waals surface area contributed by atoms with Crippen molar-refractivity contribution < 1.29 is 4.79 Å². The van der Waals surface area contributed by atoms with E-state index in [2.05, 4.69) is 26.3 Å². The first-order valence-electron chi connectivity index (χ1n) is 9.21. The molecule has 0 bridgehead atoms. The van der Waals surface area contributed by atoms with Crippen molar-refractivity contribution in [2.75, 3.05) is 0 Å². The van der Waals surface area contributed by atoms with Crippen molar-refractivity contribution in [2.45, 2.75) is 13.0 Å². The van der Waals surface area contributed by atoms with E-state index in [0.29, 0.717) is 5.69 Å². The van der Waals surface area contributed by atoms with Crippen molar-refractivity contribution in [3.63, 3.8) is 0 Å². The van der Waals surface area contributed by atoms with Gasteiger partial charge < -0.3 is 14.9 Å². The number of rotatable bonds is 4. The number of thiazole rings is 1. The van der Waals surface area contributed by atoms with E-state index in [0.717, 1.165) is 37.5 Å². The summed E-state index contributed by atoms with van der Waals surface area (Å²) in [6, 6.07) is 11.5. The monoisotopic (exact) mass is 402 g/mol. The smallest absolute Gasteiger partial charge is 0.268 e. The van der Waals surface area contributed by atoms with Gasteiger partial charge in [-0.05, 0) is 30.7 Å². The van der Waals surface area contributed by atoms with Gasteiger partial charge in [0.25, 0.3) is 5.91 Å². The van der Waals surface area contributed by atoms with Crippen LogP contribution in [-0.2, 0) is 7.05 Å². The van der Waals surface area contributed by atoms with Gasteiger partial charge in [0.05, 0.1) is 24.1 Å². The topological polar surface area (TPSA) is 88.5 Å². The number of aromatic amines is 1. The molecule has 1 amide bonds. The number of benzene rings is 1. The average molecular weight is 402 g/mol. The highest BCUT2D eigenvalue weighted by molar-refractivity contribution is 7.21. The Bertz CT molecular complexity index is 1330. The summed E-state index contributed by atoms with van der Waals surface area (Å²) in [6.07, 6.45) is 5.30. The minimum absolute atomic E-state index is 0.129. The summed E-state index contributed by atoms with van der Waals surface area (Å²) in [5, 5.41) is 3.92. The first-order chi connectivity index (χ1) is 14.1. The molecule has 0 saturated carbocycles. The van der Waals surface area contributed by atoms with Crippen molar-refractivity contribution in [1.29, 1.82) is 0 Å². The molecule has 4 aromatic heterocycles. The van der Waals surface area contributed by atoms with Gasteiger partial charge in [0.2, 0.25) is 0 Å². The van der Waals surface area contributed by atoms with Crippen molar-refractivity contribution in [2.24, 2.45) is 7.05 Å². The van der Waals surface area contributed by atoms with Crippen LogP contribution in [0.1, 0.15) is 29.0 Å². The summed E-state index contributed by atoms with van der Waals surface area (Å²) in [5.41, 5.74) is 5.25. The summed E-state index contributed by atoms with van der Waals surface area (Å²) in [7, 11) is 1.96. The molecule has 5 rings (SSSR count). The minimum Gasteiger partial charge on any atom is -0.357 e. The Labute approximate surface area is 170 Å². The number of carbonyl (C=O) groups excluding carboxylic acids is 1.